The molecule has 2 aromatic rings. The van der Waals surface area contributed by atoms with E-state index in [0.717, 1.165) is 41.0 Å². The number of carbonyl (C=O) groups excluding carboxylic acids is 1. The van der Waals surface area contributed by atoms with Crippen molar-refractivity contribution in [3.05, 3.63) is 58.1 Å². The molecule has 0 amide bonds. The number of hydrogen-bond acceptors (Lipinski definition) is 4. The van der Waals surface area contributed by atoms with Crippen LogP contribution in [0.15, 0.2) is 30.3 Å². The topological polar surface area (TPSA) is 44.8 Å². The normalized spacial score (nSPS) is 16.6. The quantitative estimate of drug-likeness (QED) is 0.406. The van der Waals surface area contributed by atoms with Crippen molar-refractivity contribution in [3.8, 4) is 11.5 Å². The minimum atomic E-state index is -0.276. The van der Waals surface area contributed by atoms with Crippen LogP contribution in [0.4, 0.5) is 0 Å². The summed E-state index contributed by atoms with van der Waals surface area (Å²) in [6.45, 7) is 10.9. The molecule has 0 bridgehead atoms. The van der Waals surface area contributed by atoms with Crippen molar-refractivity contribution in [1.29, 1.82) is 0 Å². The zero-order valence-electron chi connectivity index (χ0n) is 19.8. The van der Waals surface area contributed by atoms with Crippen molar-refractivity contribution in [3.63, 3.8) is 0 Å². The van der Waals surface area contributed by atoms with Gasteiger partial charge in [0.05, 0.1) is 19.8 Å². The van der Waals surface area contributed by atoms with Gasteiger partial charge in [-0.05, 0) is 52.5 Å². The Morgan fingerprint density at radius 2 is 1.61 bits per heavy atom. The van der Waals surface area contributed by atoms with Gasteiger partial charge in [-0.3, -0.25) is 4.79 Å². The molecule has 31 heavy (non-hydrogen) atoms. The highest BCUT2D eigenvalue weighted by molar-refractivity contribution is 5.79. The number of benzene rings is 2. The molecule has 0 radical (unpaired) electrons. The Morgan fingerprint density at radius 1 is 0.968 bits per heavy atom. The summed E-state index contributed by atoms with van der Waals surface area (Å²) in [6.07, 6.45) is 6.37. The molecule has 0 heterocycles. The van der Waals surface area contributed by atoms with E-state index in [1.54, 1.807) is 14.2 Å². The third kappa shape index (κ3) is 4.79. The van der Waals surface area contributed by atoms with E-state index in [1.165, 1.54) is 18.1 Å². The Kier molecular flexibility index (Phi) is 6.49. The highest BCUT2D eigenvalue weighted by Crippen LogP contribution is 2.52. The van der Waals surface area contributed by atoms with Crippen LogP contribution in [-0.2, 0) is 27.0 Å². The minimum Gasteiger partial charge on any atom is -0.496 e. The monoisotopic (exact) mass is 422 g/mol. The highest BCUT2D eigenvalue weighted by Gasteiger charge is 2.40. The van der Waals surface area contributed by atoms with E-state index >= 15 is 0 Å². The van der Waals surface area contributed by atoms with Crippen molar-refractivity contribution in [2.24, 2.45) is 0 Å². The van der Waals surface area contributed by atoms with E-state index in [1.807, 2.05) is 24.3 Å². The van der Waals surface area contributed by atoms with Gasteiger partial charge in [-0.1, -0.05) is 58.0 Å². The summed E-state index contributed by atoms with van der Waals surface area (Å²) in [4.78, 5) is 11.0. The molecule has 4 heteroatoms. The molecule has 3 rings (SSSR count). The molecule has 1 aliphatic carbocycles. The third-order valence-corrected chi connectivity index (χ3v) is 6.35. The maximum absolute atomic E-state index is 11.0. The van der Waals surface area contributed by atoms with Gasteiger partial charge in [0.15, 0.2) is 0 Å². The number of esters is 1. The van der Waals surface area contributed by atoms with E-state index in [4.69, 9.17) is 14.2 Å². The van der Waals surface area contributed by atoms with Gasteiger partial charge in [-0.25, -0.2) is 0 Å². The molecular weight excluding hydrogens is 388 g/mol. The van der Waals surface area contributed by atoms with Crippen LogP contribution >= 0.6 is 0 Å². The number of methoxy groups -OCH3 is 2. The van der Waals surface area contributed by atoms with Crippen LogP contribution in [0, 0.1) is 0 Å². The molecule has 4 nitrogen and oxygen atoms in total. The Balaban J connectivity index is 2.02. The molecule has 0 aliphatic heterocycles. The molecule has 0 N–H and O–H groups in total. The van der Waals surface area contributed by atoms with Gasteiger partial charge in [0.25, 0.3) is 0 Å². The van der Waals surface area contributed by atoms with Crippen molar-refractivity contribution in [1.82, 2.24) is 0 Å². The number of hydrogen-bond donors (Lipinski definition) is 0. The van der Waals surface area contributed by atoms with Crippen molar-refractivity contribution < 1.29 is 19.0 Å². The van der Waals surface area contributed by atoms with Crippen LogP contribution in [-0.4, -0.2) is 20.2 Å². The Hall–Kier alpha value is -2.75. The second-order valence-corrected chi connectivity index (χ2v) is 9.57. The van der Waals surface area contributed by atoms with Crippen LogP contribution < -0.4 is 9.47 Å². The Labute approximate surface area is 186 Å². The summed E-state index contributed by atoms with van der Waals surface area (Å²) in [5, 5.41) is 0. The van der Waals surface area contributed by atoms with Gasteiger partial charge in [-0.15, -0.1) is 0 Å². The summed E-state index contributed by atoms with van der Waals surface area (Å²) >= 11 is 0. The molecule has 0 atom stereocenters. The van der Waals surface area contributed by atoms with E-state index < -0.39 is 0 Å². The number of carbonyl (C=O) groups is 1. The number of fused-ring (bicyclic) bond motifs is 1. The summed E-state index contributed by atoms with van der Waals surface area (Å²) < 4.78 is 16.9. The fourth-order valence-corrected chi connectivity index (χ4v) is 4.37. The predicted molar refractivity (Wildman–Crippen MR) is 126 cm³/mol. The fraction of sp³-hybridized carbons (Fsp3) is 0.444. The van der Waals surface area contributed by atoms with Gasteiger partial charge in [0.1, 0.15) is 18.1 Å². The van der Waals surface area contributed by atoms with E-state index in [0.29, 0.717) is 0 Å². The fourth-order valence-electron chi connectivity index (χ4n) is 4.37. The minimum absolute atomic E-state index is 0.0312. The molecule has 2 aromatic carbocycles. The summed E-state index contributed by atoms with van der Waals surface area (Å²) in [5.41, 5.74) is 5.66. The van der Waals surface area contributed by atoms with Crippen LogP contribution in [0.5, 0.6) is 11.5 Å². The largest absolute Gasteiger partial charge is 0.496 e. The molecule has 0 spiro atoms. The van der Waals surface area contributed by atoms with Crippen LogP contribution in [0.25, 0.3) is 12.2 Å². The van der Waals surface area contributed by atoms with Crippen LogP contribution in [0.2, 0.25) is 0 Å². The van der Waals surface area contributed by atoms with E-state index in [2.05, 4.69) is 45.9 Å². The molecule has 0 saturated carbocycles. The SMILES string of the molecule is COc1cc2c(c(OC)c1C=Cc1ccc(COC(C)=O)cc1)C(C)(C)CCC2(C)C. The molecule has 1 aliphatic rings. The number of rotatable bonds is 6. The average Bonchev–Trinajstić information content (AvgIpc) is 2.73. The molecule has 0 saturated heterocycles. The van der Waals surface area contributed by atoms with Crippen LogP contribution in [0.3, 0.4) is 0 Å². The highest BCUT2D eigenvalue weighted by atomic mass is 16.5. The molecule has 166 valence electrons. The van der Waals surface area contributed by atoms with Gasteiger partial charge >= 0.3 is 5.97 Å². The zero-order chi connectivity index (χ0) is 22.8. The molecule has 0 fully saturated rings. The first-order chi connectivity index (χ1) is 14.6. The maximum atomic E-state index is 11.0. The van der Waals surface area contributed by atoms with Crippen molar-refractivity contribution in [2.45, 2.75) is 64.9 Å². The van der Waals surface area contributed by atoms with E-state index in [-0.39, 0.29) is 23.4 Å². The lowest BCUT2D eigenvalue weighted by atomic mass is 9.62. The van der Waals surface area contributed by atoms with Crippen molar-refractivity contribution >= 4 is 18.1 Å². The van der Waals surface area contributed by atoms with Gasteiger partial charge < -0.3 is 14.2 Å². The van der Waals surface area contributed by atoms with E-state index in [9.17, 15) is 4.79 Å². The standard InChI is InChI=1S/C27H34O4/c1-18(28)31-17-20-10-8-19(9-11-20)12-13-21-23(29-6)16-22-24(25(21)30-7)27(4,5)15-14-26(22,2)3/h8-13,16H,14-15,17H2,1-7H3. The van der Waals surface area contributed by atoms with Crippen LogP contribution in [0.1, 0.15) is 75.3 Å². The summed E-state index contributed by atoms with van der Waals surface area (Å²) in [7, 11) is 3.46. The molecule has 0 unspecified atom stereocenters. The second-order valence-electron chi connectivity index (χ2n) is 9.57. The summed E-state index contributed by atoms with van der Waals surface area (Å²) in [5.74, 6) is 1.45. The first-order valence-electron chi connectivity index (χ1n) is 10.8. The Morgan fingerprint density at radius 3 is 2.19 bits per heavy atom. The second kappa shape index (κ2) is 8.78. The molecular formula is C27H34O4. The Bertz CT molecular complexity index is 981. The zero-order valence-corrected chi connectivity index (χ0v) is 19.8. The lowest BCUT2D eigenvalue weighted by molar-refractivity contribution is -0.142. The first kappa shape index (κ1) is 22.9. The van der Waals surface area contributed by atoms with Gasteiger partial charge in [0, 0.05) is 12.5 Å². The maximum Gasteiger partial charge on any atom is 0.302 e. The average molecular weight is 423 g/mol. The lowest BCUT2D eigenvalue weighted by Gasteiger charge is -2.43. The third-order valence-electron chi connectivity index (χ3n) is 6.35. The van der Waals surface area contributed by atoms with Crippen molar-refractivity contribution in [2.75, 3.05) is 14.2 Å². The molecule has 0 aromatic heterocycles. The predicted octanol–water partition coefficient (Wildman–Crippen LogP) is 6.29. The summed E-state index contributed by atoms with van der Waals surface area (Å²) in [6, 6.07) is 10.2. The van der Waals surface area contributed by atoms with Gasteiger partial charge in [0.2, 0.25) is 0 Å². The lowest BCUT2D eigenvalue weighted by Crippen LogP contribution is -2.34. The number of ether oxygens (including phenoxy) is 3. The smallest absolute Gasteiger partial charge is 0.302 e. The first-order valence-corrected chi connectivity index (χ1v) is 10.8. The van der Waals surface area contributed by atoms with Gasteiger partial charge in [-0.2, -0.15) is 0 Å².